The molecule has 4 amide bonds. The number of nitrogens with zero attached hydrogens (tertiary/aromatic N) is 7. The van der Waals surface area contributed by atoms with E-state index in [4.69, 9.17) is 24.9 Å². The second-order valence-corrected chi connectivity index (χ2v) is 19.4. The molecule has 2 aliphatic heterocycles. The normalized spacial score (nSPS) is 17.1. The Morgan fingerprint density at radius 1 is 0.662 bits per heavy atom. The maximum absolute atomic E-state index is 13.7. The molecule has 8 rings (SSSR count). The molecule has 0 spiro atoms. The lowest BCUT2D eigenvalue weighted by Crippen LogP contribution is -2.51. The smallest absolute Gasteiger partial charge is 0.407 e. The first-order valence-corrected chi connectivity index (χ1v) is 23.4. The average Bonchev–Trinajstić information content (AvgIpc) is 4.18. The summed E-state index contributed by atoms with van der Waals surface area (Å²) in [5, 5.41) is 24.0. The van der Waals surface area contributed by atoms with Gasteiger partial charge in [0.2, 0.25) is 11.8 Å². The quantitative estimate of drug-likeness (QED) is 0.0743. The van der Waals surface area contributed by atoms with E-state index in [2.05, 4.69) is 70.2 Å². The van der Waals surface area contributed by atoms with Crippen LogP contribution >= 0.6 is 0 Å². The number of nitrogens with one attached hydrogen (secondary N) is 4. The van der Waals surface area contributed by atoms with Crippen LogP contribution in [0, 0.1) is 11.8 Å². The fourth-order valence-electron chi connectivity index (χ4n) is 9.24. The largest absolute Gasteiger partial charge is 0.465 e. The van der Waals surface area contributed by atoms with E-state index in [9.17, 15) is 24.3 Å². The van der Waals surface area contributed by atoms with E-state index in [1.807, 2.05) is 88.6 Å². The lowest BCUT2D eigenvalue weighted by Gasteiger charge is -2.29. The summed E-state index contributed by atoms with van der Waals surface area (Å²) in [6.07, 6.45) is 4.92. The van der Waals surface area contributed by atoms with E-state index < -0.39 is 24.3 Å². The third-order valence-corrected chi connectivity index (χ3v) is 13.0. The van der Waals surface area contributed by atoms with Gasteiger partial charge in [0.25, 0.3) is 0 Å². The van der Waals surface area contributed by atoms with Gasteiger partial charge in [-0.3, -0.25) is 14.2 Å². The van der Waals surface area contributed by atoms with E-state index in [1.54, 1.807) is 9.80 Å². The predicted octanol–water partition coefficient (Wildman–Crippen LogP) is 8.68. The monoisotopic (exact) mass is 923 g/mol. The van der Waals surface area contributed by atoms with Gasteiger partial charge < -0.3 is 40.2 Å². The number of H-pyrrole nitrogens is 2. The molecule has 3 aromatic heterocycles. The van der Waals surface area contributed by atoms with Gasteiger partial charge in [0, 0.05) is 53.4 Å². The molecular formula is C51H61N11O6. The number of aromatic amines is 2. The standard InChI is InChI=1S/C51H61N11O6/c1-29(2)41(56-49(65)66)47(63)60-25-9-11-39(60)43-52-27-37(54-43)31-13-17-33(18-14-31)45-58-59-46(62(45)36-23-21-35(22-24-36)51(5,6)7)34-19-15-32(16-20-34)38-28-53-44(55-38)40-12-10-26-61(40)48(64)42(30(3)4)57-50(67)68-8/h13-24,27-30,39-42,56H,9-12,25-26H2,1-8H3,(H,52,54)(H,53,55)(H,57,67)(H,65,66)/t39-,40-,41-,42-/m0/s1. The molecular weight excluding hydrogens is 863 g/mol. The highest BCUT2D eigenvalue weighted by Crippen LogP contribution is 2.36. The average molecular weight is 924 g/mol. The first kappa shape index (κ1) is 47.2. The van der Waals surface area contributed by atoms with E-state index >= 15 is 0 Å². The first-order chi connectivity index (χ1) is 32.5. The van der Waals surface area contributed by atoms with Crippen LogP contribution in [0.5, 0.6) is 0 Å². The molecule has 17 nitrogen and oxygen atoms in total. The molecule has 2 fully saturated rings. The van der Waals surface area contributed by atoms with Crippen LogP contribution in [0.15, 0.2) is 85.2 Å². The molecule has 2 saturated heterocycles. The summed E-state index contributed by atoms with van der Waals surface area (Å²) in [5.74, 6) is 1.92. The van der Waals surface area contributed by atoms with Gasteiger partial charge >= 0.3 is 12.2 Å². The third kappa shape index (κ3) is 9.73. The topological polar surface area (TPSA) is 216 Å². The lowest BCUT2D eigenvalue weighted by molar-refractivity contribution is -0.136. The highest BCUT2D eigenvalue weighted by Gasteiger charge is 2.39. The minimum absolute atomic E-state index is 0.0370. The summed E-state index contributed by atoms with van der Waals surface area (Å²) in [4.78, 5) is 70.9. The number of alkyl carbamates (subject to hydrolysis) is 1. The molecule has 0 aliphatic carbocycles. The zero-order valence-electron chi connectivity index (χ0n) is 39.9. The van der Waals surface area contributed by atoms with Crippen LogP contribution in [0.3, 0.4) is 0 Å². The van der Waals surface area contributed by atoms with Crippen molar-refractivity contribution >= 4 is 24.0 Å². The van der Waals surface area contributed by atoms with Gasteiger partial charge in [0.05, 0.1) is 30.6 Å². The molecule has 0 saturated carbocycles. The molecule has 5 N–H and O–H groups in total. The molecule has 17 heteroatoms. The summed E-state index contributed by atoms with van der Waals surface area (Å²) >= 11 is 0. The summed E-state index contributed by atoms with van der Waals surface area (Å²) < 4.78 is 6.86. The molecule has 5 heterocycles. The van der Waals surface area contributed by atoms with E-state index in [1.165, 1.54) is 12.7 Å². The molecule has 356 valence electrons. The lowest BCUT2D eigenvalue weighted by atomic mass is 9.87. The maximum atomic E-state index is 13.7. The Labute approximate surface area is 396 Å². The number of rotatable bonds is 13. The molecule has 6 aromatic rings. The zero-order valence-corrected chi connectivity index (χ0v) is 39.9. The molecule has 2 aliphatic rings. The number of amides is 4. The number of likely N-dealkylation sites (tertiary alicyclic amines) is 2. The predicted molar refractivity (Wildman–Crippen MR) is 257 cm³/mol. The zero-order chi connectivity index (χ0) is 48.4. The number of carbonyl (C=O) groups excluding carboxylic acids is 3. The molecule has 68 heavy (non-hydrogen) atoms. The van der Waals surface area contributed by atoms with Crippen molar-refractivity contribution in [3.05, 3.63) is 102 Å². The summed E-state index contributed by atoms with van der Waals surface area (Å²) in [6.45, 7) is 15.1. The van der Waals surface area contributed by atoms with Gasteiger partial charge in [-0.1, -0.05) is 109 Å². The van der Waals surface area contributed by atoms with Gasteiger partial charge in [0.15, 0.2) is 11.6 Å². The van der Waals surface area contributed by atoms with Gasteiger partial charge in [-0.15, -0.1) is 10.2 Å². The second-order valence-electron chi connectivity index (χ2n) is 19.4. The third-order valence-electron chi connectivity index (χ3n) is 13.0. The van der Waals surface area contributed by atoms with Crippen molar-refractivity contribution in [2.24, 2.45) is 11.8 Å². The first-order valence-electron chi connectivity index (χ1n) is 23.4. The maximum Gasteiger partial charge on any atom is 0.407 e. The van der Waals surface area contributed by atoms with Crippen molar-refractivity contribution < 1.29 is 29.0 Å². The van der Waals surface area contributed by atoms with Crippen molar-refractivity contribution in [2.45, 2.75) is 104 Å². The van der Waals surface area contributed by atoms with Crippen LogP contribution in [0.4, 0.5) is 9.59 Å². The van der Waals surface area contributed by atoms with Crippen molar-refractivity contribution in [3.63, 3.8) is 0 Å². The summed E-state index contributed by atoms with van der Waals surface area (Å²) in [6, 6.07) is 22.4. The molecule has 3 aromatic carbocycles. The Balaban J connectivity index is 1.04. The number of hydrogen-bond donors (Lipinski definition) is 5. The number of ether oxygens (including phenoxy) is 1. The van der Waals surface area contributed by atoms with Crippen molar-refractivity contribution in [2.75, 3.05) is 20.2 Å². The molecule has 4 atom stereocenters. The number of hydrogen-bond acceptors (Lipinski definition) is 9. The van der Waals surface area contributed by atoms with Crippen molar-refractivity contribution in [1.82, 2.24) is 55.1 Å². The van der Waals surface area contributed by atoms with Gasteiger partial charge in [-0.2, -0.15) is 0 Å². The second kappa shape index (κ2) is 19.5. The molecule has 0 bridgehead atoms. The van der Waals surface area contributed by atoms with Crippen LogP contribution in [-0.2, 0) is 19.7 Å². The number of benzene rings is 3. The highest BCUT2D eigenvalue weighted by atomic mass is 16.5. The van der Waals surface area contributed by atoms with Gasteiger partial charge in [0.1, 0.15) is 23.7 Å². The summed E-state index contributed by atoms with van der Waals surface area (Å²) in [7, 11) is 1.29. The Bertz CT molecular complexity index is 2750. The minimum atomic E-state index is -1.22. The van der Waals surface area contributed by atoms with Crippen molar-refractivity contribution in [3.8, 4) is 51.0 Å². The van der Waals surface area contributed by atoms with E-state index in [0.717, 1.165) is 65.0 Å². The fraction of sp³-hybridized carbons (Fsp3) is 0.412. The Kier molecular flexibility index (Phi) is 13.5. The van der Waals surface area contributed by atoms with E-state index in [0.29, 0.717) is 36.4 Å². The van der Waals surface area contributed by atoms with E-state index in [-0.39, 0.29) is 41.1 Å². The number of imidazole rings is 2. The number of aromatic nitrogens is 7. The van der Waals surface area contributed by atoms with Crippen LogP contribution in [0.25, 0.3) is 51.0 Å². The Morgan fingerprint density at radius 3 is 1.49 bits per heavy atom. The minimum Gasteiger partial charge on any atom is -0.465 e. The number of carboxylic acid groups (broad SMARTS) is 1. The Morgan fingerprint density at radius 2 is 1.09 bits per heavy atom. The SMILES string of the molecule is COC(=O)N[C@H](C(=O)N1CCC[C@H]1c1nc(-c2ccc(-c3nnc(-c4ccc(-c5c[nH]c([C@@H]6CCCN6C(=O)[C@@H](NC(=O)O)C(C)C)n5)cc4)n3-c3ccc(C(C)(C)C)cc3)cc2)c[nH]1)C(C)C. The van der Waals surface area contributed by atoms with Crippen LogP contribution < -0.4 is 10.6 Å². The Hall–Kier alpha value is -7.30. The highest BCUT2D eigenvalue weighted by molar-refractivity contribution is 5.87. The van der Waals surface area contributed by atoms with Crippen LogP contribution in [0.2, 0.25) is 0 Å². The molecule has 0 radical (unpaired) electrons. The van der Waals surface area contributed by atoms with Crippen LogP contribution in [0.1, 0.15) is 103 Å². The fourth-order valence-corrected chi connectivity index (χ4v) is 9.24. The van der Waals surface area contributed by atoms with Crippen LogP contribution in [-0.4, -0.2) is 106 Å². The summed E-state index contributed by atoms with van der Waals surface area (Å²) in [5.41, 5.74) is 7.00. The number of methoxy groups -OCH3 is 1. The van der Waals surface area contributed by atoms with Crippen molar-refractivity contribution in [1.29, 1.82) is 0 Å². The van der Waals surface area contributed by atoms with Gasteiger partial charge in [-0.05, 0) is 60.6 Å². The molecule has 0 unspecified atom stereocenters. The number of carbonyl (C=O) groups is 4. The van der Waals surface area contributed by atoms with Gasteiger partial charge in [-0.25, -0.2) is 19.6 Å².